The van der Waals surface area contributed by atoms with Crippen LogP contribution in [0.25, 0.3) is 0 Å². The van der Waals surface area contributed by atoms with Crippen molar-refractivity contribution in [2.75, 3.05) is 40.0 Å². The quantitative estimate of drug-likeness (QED) is 0.566. The first-order chi connectivity index (χ1) is 5.77. The Balaban J connectivity index is 0. The summed E-state index contributed by atoms with van der Waals surface area (Å²) in [5, 5.41) is 2.96. The Morgan fingerprint density at radius 3 is 2.38 bits per heavy atom. The fourth-order valence-electron chi connectivity index (χ4n) is 0.610. The highest BCUT2D eigenvalue weighted by Gasteiger charge is 1.92. The van der Waals surface area contributed by atoms with E-state index in [9.17, 15) is 4.79 Å². The summed E-state index contributed by atoms with van der Waals surface area (Å²) >= 11 is 0. The molecule has 0 spiro atoms. The summed E-state index contributed by atoms with van der Waals surface area (Å²) in [5.74, 6) is 0.0465. The van der Waals surface area contributed by atoms with E-state index in [1.807, 2.05) is 7.05 Å². The lowest BCUT2D eigenvalue weighted by Crippen LogP contribution is -2.16. The van der Waals surface area contributed by atoms with Gasteiger partial charge in [-0.3, -0.25) is 4.79 Å². The normalized spacial score (nSPS) is 9.38. The maximum atomic E-state index is 10.4. The maximum absolute atomic E-state index is 10.4. The molecular weight excluding hydrogens is 170 g/mol. The van der Waals surface area contributed by atoms with Crippen LogP contribution >= 0.6 is 0 Å². The second-order valence-corrected chi connectivity index (χ2v) is 2.47. The van der Waals surface area contributed by atoms with E-state index in [0.717, 1.165) is 6.54 Å². The first-order valence-corrected chi connectivity index (χ1v) is 4.07. The number of rotatable bonds is 8. The number of Topliss-reactive ketones (excluding diaryl/α,β-unsaturated/α-hetero) is 1. The lowest BCUT2D eigenvalue weighted by molar-refractivity contribution is -0.121. The number of ketones is 1. The average Bonchev–Trinajstić information content (AvgIpc) is 2.02. The van der Waals surface area contributed by atoms with Crippen LogP contribution in [-0.2, 0) is 14.3 Å². The van der Waals surface area contributed by atoms with Crippen LogP contribution < -0.4 is 5.32 Å². The summed E-state index contributed by atoms with van der Waals surface area (Å²) in [7, 11) is 1.87. The molecule has 0 unspecified atom stereocenters. The predicted molar refractivity (Wildman–Crippen MR) is 53.0 cm³/mol. The molecule has 0 amide bonds. The van der Waals surface area contributed by atoms with Crippen LogP contribution in [0, 0.1) is 0 Å². The second kappa shape index (κ2) is 11.6. The molecule has 0 saturated heterocycles. The Kier molecular flexibility index (Phi) is 13.4. The Bertz CT molecular complexity index is 117. The molecule has 1 N–H and O–H groups in total. The van der Waals surface area contributed by atoms with Crippen LogP contribution in [0.4, 0.5) is 0 Å². The number of hydrogen-bond acceptors (Lipinski definition) is 4. The number of likely N-dealkylation sites (N-methyl/N-ethyl adjacent to an activating group) is 1. The van der Waals surface area contributed by atoms with Crippen molar-refractivity contribution in [2.45, 2.75) is 14.4 Å². The highest BCUT2D eigenvalue weighted by Crippen LogP contribution is 1.78. The van der Waals surface area contributed by atoms with E-state index < -0.39 is 0 Å². The molecule has 0 aromatic carbocycles. The summed E-state index contributed by atoms with van der Waals surface area (Å²) in [6, 6.07) is 0. The molecule has 0 heterocycles. The molecule has 0 aromatic rings. The van der Waals surface area contributed by atoms with E-state index >= 15 is 0 Å². The smallest absolute Gasteiger partial charge is 0.155 e. The molecule has 0 aliphatic heterocycles. The van der Waals surface area contributed by atoms with Gasteiger partial charge in [0, 0.05) is 6.54 Å². The van der Waals surface area contributed by atoms with Crippen molar-refractivity contribution in [3.8, 4) is 0 Å². The van der Waals surface area contributed by atoms with Gasteiger partial charge in [0.2, 0.25) is 0 Å². The van der Waals surface area contributed by atoms with Crippen LogP contribution in [0.5, 0.6) is 0 Å². The highest BCUT2D eigenvalue weighted by atomic mass is 16.5. The Hall–Kier alpha value is -0.450. The summed E-state index contributed by atoms with van der Waals surface area (Å²) in [4.78, 5) is 10.4. The largest absolute Gasteiger partial charge is 0.378 e. The van der Waals surface area contributed by atoms with Gasteiger partial charge in [-0.05, 0) is 14.0 Å². The van der Waals surface area contributed by atoms with E-state index in [4.69, 9.17) is 9.47 Å². The zero-order valence-electron chi connectivity index (χ0n) is 7.76. The minimum absolute atomic E-state index is 0. The Morgan fingerprint density at radius 1 is 1.23 bits per heavy atom. The summed E-state index contributed by atoms with van der Waals surface area (Å²) in [6.07, 6.45) is 0. The monoisotopic (exact) mass is 191 g/mol. The molecule has 0 saturated carbocycles. The van der Waals surface area contributed by atoms with Crippen molar-refractivity contribution in [1.29, 1.82) is 0 Å². The molecule has 0 bridgehead atoms. The standard InChI is InChI=1S/C8H17NO3.CH4/c1-8(10)7-12-6-5-11-4-3-9-2;/h9H,3-7H2,1-2H3;1H4. The SMILES string of the molecule is C.CNCCOCCOCC(C)=O. The van der Waals surface area contributed by atoms with Crippen LogP contribution in [0.3, 0.4) is 0 Å². The average molecular weight is 191 g/mol. The van der Waals surface area contributed by atoms with Gasteiger partial charge in [0.1, 0.15) is 6.61 Å². The zero-order chi connectivity index (χ0) is 9.23. The molecule has 0 atom stereocenters. The highest BCUT2D eigenvalue weighted by molar-refractivity contribution is 5.76. The number of nitrogens with one attached hydrogen (secondary N) is 1. The molecule has 0 fully saturated rings. The fourth-order valence-corrected chi connectivity index (χ4v) is 0.610. The van der Waals surface area contributed by atoms with Gasteiger partial charge in [-0.15, -0.1) is 0 Å². The van der Waals surface area contributed by atoms with Gasteiger partial charge in [0.25, 0.3) is 0 Å². The third kappa shape index (κ3) is 14.4. The van der Waals surface area contributed by atoms with Crippen molar-refractivity contribution in [3.05, 3.63) is 0 Å². The summed E-state index contributed by atoms with van der Waals surface area (Å²) in [5.41, 5.74) is 0. The van der Waals surface area contributed by atoms with E-state index in [1.54, 1.807) is 0 Å². The predicted octanol–water partition coefficient (Wildman–Crippen LogP) is 0.464. The van der Waals surface area contributed by atoms with Gasteiger partial charge in [-0.2, -0.15) is 0 Å². The van der Waals surface area contributed by atoms with E-state index in [0.29, 0.717) is 19.8 Å². The van der Waals surface area contributed by atoms with Gasteiger partial charge >= 0.3 is 0 Å². The van der Waals surface area contributed by atoms with E-state index in [1.165, 1.54) is 6.92 Å². The number of ether oxygens (including phenoxy) is 2. The van der Waals surface area contributed by atoms with Gasteiger partial charge in [0.05, 0.1) is 19.8 Å². The molecule has 80 valence electrons. The second-order valence-electron chi connectivity index (χ2n) is 2.47. The van der Waals surface area contributed by atoms with Gasteiger partial charge in [0.15, 0.2) is 5.78 Å². The molecular formula is C9H21NO3. The molecule has 0 aliphatic carbocycles. The lowest BCUT2D eigenvalue weighted by Gasteiger charge is -2.03. The molecule has 4 nitrogen and oxygen atoms in total. The molecule has 13 heavy (non-hydrogen) atoms. The zero-order valence-corrected chi connectivity index (χ0v) is 7.76. The molecule has 0 aromatic heterocycles. The van der Waals surface area contributed by atoms with Crippen LogP contribution in [-0.4, -0.2) is 45.8 Å². The van der Waals surface area contributed by atoms with Crippen LogP contribution in [0.15, 0.2) is 0 Å². The Labute approximate surface area is 80.6 Å². The third-order valence-electron chi connectivity index (χ3n) is 1.17. The number of hydrogen-bond donors (Lipinski definition) is 1. The summed E-state index contributed by atoms with van der Waals surface area (Å²) < 4.78 is 10.1. The number of carbonyl (C=O) groups excluding carboxylic acids is 1. The molecule has 0 aliphatic rings. The number of carbonyl (C=O) groups is 1. The molecule has 4 heteroatoms. The van der Waals surface area contributed by atoms with Crippen molar-refractivity contribution < 1.29 is 14.3 Å². The van der Waals surface area contributed by atoms with Crippen molar-refractivity contribution in [1.82, 2.24) is 5.32 Å². The van der Waals surface area contributed by atoms with Crippen molar-refractivity contribution in [3.63, 3.8) is 0 Å². The van der Waals surface area contributed by atoms with Gasteiger partial charge in [-0.1, -0.05) is 7.43 Å². The third-order valence-corrected chi connectivity index (χ3v) is 1.17. The minimum atomic E-state index is 0. The Morgan fingerprint density at radius 2 is 1.85 bits per heavy atom. The van der Waals surface area contributed by atoms with Crippen molar-refractivity contribution in [2.24, 2.45) is 0 Å². The maximum Gasteiger partial charge on any atom is 0.155 e. The van der Waals surface area contributed by atoms with Crippen molar-refractivity contribution >= 4 is 5.78 Å². The molecule has 0 radical (unpaired) electrons. The minimum Gasteiger partial charge on any atom is -0.378 e. The molecule has 0 rings (SSSR count). The first-order valence-electron chi connectivity index (χ1n) is 4.07. The topological polar surface area (TPSA) is 47.6 Å². The van der Waals surface area contributed by atoms with Crippen LogP contribution in [0.2, 0.25) is 0 Å². The van der Waals surface area contributed by atoms with Gasteiger partial charge in [-0.25, -0.2) is 0 Å². The summed E-state index contributed by atoms with van der Waals surface area (Å²) in [6.45, 7) is 4.25. The van der Waals surface area contributed by atoms with E-state index in [2.05, 4.69) is 5.32 Å². The van der Waals surface area contributed by atoms with Gasteiger partial charge < -0.3 is 14.8 Å². The first kappa shape index (κ1) is 15.0. The lowest BCUT2D eigenvalue weighted by atomic mass is 10.5. The van der Waals surface area contributed by atoms with E-state index in [-0.39, 0.29) is 19.8 Å². The van der Waals surface area contributed by atoms with Crippen LogP contribution in [0.1, 0.15) is 14.4 Å². The fraction of sp³-hybridized carbons (Fsp3) is 0.889.